The van der Waals surface area contributed by atoms with E-state index >= 15 is 0 Å². The summed E-state index contributed by atoms with van der Waals surface area (Å²) >= 11 is 9.20. The number of aromatic nitrogens is 1. The quantitative estimate of drug-likeness (QED) is 0.692. The van der Waals surface area contributed by atoms with E-state index in [1.165, 1.54) is 4.88 Å². The SMILES string of the molecule is Cc1nc2cc(NCCc3ccc(Cl)s3)c(N)cc2s1. The lowest BCUT2D eigenvalue weighted by Gasteiger charge is -2.08. The maximum absolute atomic E-state index is 6.08. The van der Waals surface area contributed by atoms with Crippen molar-refractivity contribution in [2.75, 3.05) is 17.6 Å². The van der Waals surface area contributed by atoms with Crippen LogP contribution in [0.4, 0.5) is 11.4 Å². The number of halogens is 1. The van der Waals surface area contributed by atoms with E-state index in [1.807, 2.05) is 25.1 Å². The molecule has 0 bridgehead atoms. The maximum Gasteiger partial charge on any atom is 0.0931 e. The number of aryl methyl sites for hydroxylation is 1. The number of benzene rings is 1. The van der Waals surface area contributed by atoms with E-state index in [0.29, 0.717) is 0 Å². The number of nitrogen functional groups attached to an aromatic ring is 1. The molecule has 1 aromatic carbocycles. The molecular formula is C14H14ClN3S2. The topological polar surface area (TPSA) is 50.9 Å². The van der Waals surface area contributed by atoms with Crippen molar-refractivity contribution in [3.63, 3.8) is 0 Å². The molecule has 3 aromatic rings. The minimum absolute atomic E-state index is 0.769. The Morgan fingerprint density at radius 3 is 2.90 bits per heavy atom. The first kappa shape index (κ1) is 13.7. The Kier molecular flexibility index (Phi) is 3.83. The number of thiophene rings is 1. The van der Waals surface area contributed by atoms with Crippen molar-refractivity contribution >= 4 is 55.9 Å². The summed E-state index contributed by atoms with van der Waals surface area (Å²) < 4.78 is 1.97. The summed E-state index contributed by atoms with van der Waals surface area (Å²) in [5, 5.41) is 4.44. The van der Waals surface area contributed by atoms with Crippen molar-refractivity contribution in [1.82, 2.24) is 4.98 Å². The average molecular weight is 324 g/mol. The zero-order valence-electron chi connectivity index (χ0n) is 10.9. The number of thiazole rings is 1. The smallest absolute Gasteiger partial charge is 0.0931 e. The molecule has 0 aliphatic rings. The maximum atomic E-state index is 6.08. The van der Waals surface area contributed by atoms with Gasteiger partial charge in [0.15, 0.2) is 0 Å². The number of hydrogen-bond donors (Lipinski definition) is 2. The molecule has 0 spiro atoms. The Bertz CT molecular complexity index is 748. The Morgan fingerprint density at radius 2 is 2.15 bits per heavy atom. The number of anilines is 2. The van der Waals surface area contributed by atoms with Crippen LogP contribution in [0.1, 0.15) is 9.88 Å². The van der Waals surface area contributed by atoms with Crippen LogP contribution in [0.25, 0.3) is 10.2 Å². The summed E-state index contributed by atoms with van der Waals surface area (Å²) in [6.07, 6.45) is 0.935. The van der Waals surface area contributed by atoms with Gasteiger partial charge in [0, 0.05) is 11.4 Å². The predicted octanol–water partition coefficient (Wildman–Crippen LogP) is 4.56. The fourth-order valence-corrected chi connectivity index (χ4v) is 4.01. The summed E-state index contributed by atoms with van der Waals surface area (Å²) in [7, 11) is 0. The van der Waals surface area contributed by atoms with Gasteiger partial charge in [0.25, 0.3) is 0 Å². The van der Waals surface area contributed by atoms with Gasteiger partial charge in [0.1, 0.15) is 0 Å². The fourth-order valence-electron chi connectivity index (χ4n) is 2.06. The van der Waals surface area contributed by atoms with Gasteiger partial charge >= 0.3 is 0 Å². The van der Waals surface area contributed by atoms with Crippen molar-refractivity contribution in [1.29, 1.82) is 0 Å². The van der Waals surface area contributed by atoms with Gasteiger partial charge in [0.05, 0.1) is 30.9 Å². The van der Waals surface area contributed by atoms with Gasteiger partial charge in [-0.2, -0.15) is 0 Å². The Labute approximate surface area is 130 Å². The van der Waals surface area contributed by atoms with Crippen LogP contribution in [0, 0.1) is 6.92 Å². The number of nitrogens with two attached hydrogens (primary N) is 1. The lowest BCUT2D eigenvalue weighted by Crippen LogP contribution is -2.06. The predicted molar refractivity (Wildman–Crippen MR) is 90.3 cm³/mol. The number of fused-ring (bicyclic) bond motifs is 1. The molecule has 3 nitrogen and oxygen atoms in total. The van der Waals surface area contributed by atoms with Gasteiger partial charge in [-0.25, -0.2) is 4.98 Å². The van der Waals surface area contributed by atoms with Crippen LogP contribution in [0.15, 0.2) is 24.3 Å². The number of rotatable bonds is 4. The van der Waals surface area contributed by atoms with E-state index < -0.39 is 0 Å². The third-order valence-electron chi connectivity index (χ3n) is 2.98. The van der Waals surface area contributed by atoms with Crippen LogP contribution in [0.3, 0.4) is 0 Å². The first-order valence-corrected chi connectivity index (χ1v) is 8.27. The molecule has 0 aliphatic carbocycles. The molecule has 104 valence electrons. The lowest BCUT2D eigenvalue weighted by molar-refractivity contribution is 1.05. The van der Waals surface area contributed by atoms with Crippen LogP contribution in [-0.4, -0.2) is 11.5 Å². The Hall–Kier alpha value is -1.30. The van der Waals surface area contributed by atoms with Crippen LogP contribution in [0.5, 0.6) is 0 Å². The summed E-state index contributed by atoms with van der Waals surface area (Å²) in [5.41, 5.74) is 8.80. The van der Waals surface area contributed by atoms with Crippen molar-refractivity contribution in [3.05, 3.63) is 38.5 Å². The molecule has 0 amide bonds. The number of hydrogen-bond acceptors (Lipinski definition) is 5. The van der Waals surface area contributed by atoms with Crippen molar-refractivity contribution < 1.29 is 0 Å². The molecule has 3 rings (SSSR count). The molecule has 0 fully saturated rings. The van der Waals surface area contributed by atoms with E-state index in [1.54, 1.807) is 22.7 Å². The molecule has 0 radical (unpaired) electrons. The average Bonchev–Trinajstić information content (AvgIpc) is 2.95. The van der Waals surface area contributed by atoms with Gasteiger partial charge in [-0.05, 0) is 37.6 Å². The molecule has 3 N–H and O–H groups in total. The molecule has 0 aliphatic heterocycles. The minimum Gasteiger partial charge on any atom is -0.397 e. The molecule has 6 heteroatoms. The van der Waals surface area contributed by atoms with Gasteiger partial charge in [-0.15, -0.1) is 22.7 Å². The van der Waals surface area contributed by atoms with E-state index in [2.05, 4.69) is 16.4 Å². The third-order valence-corrected chi connectivity index (χ3v) is 5.21. The fraction of sp³-hybridized carbons (Fsp3) is 0.214. The first-order valence-electron chi connectivity index (χ1n) is 6.26. The molecule has 2 heterocycles. The molecule has 2 aromatic heterocycles. The molecule has 0 atom stereocenters. The standard InChI is InChI=1S/C14H14ClN3S2/c1-8-18-12-7-11(10(16)6-13(12)19-8)17-5-4-9-2-3-14(15)20-9/h2-3,6-7,17H,4-5,16H2,1H3. The highest BCUT2D eigenvalue weighted by atomic mass is 35.5. The summed E-state index contributed by atoms with van der Waals surface area (Å²) in [4.78, 5) is 5.76. The molecule has 20 heavy (non-hydrogen) atoms. The first-order chi connectivity index (χ1) is 9.61. The zero-order valence-corrected chi connectivity index (χ0v) is 13.3. The number of nitrogens with one attached hydrogen (secondary N) is 1. The highest BCUT2D eigenvalue weighted by Gasteiger charge is 2.06. The molecular weight excluding hydrogens is 310 g/mol. The van der Waals surface area contributed by atoms with Crippen LogP contribution < -0.4 is 11.1 Å². The Morgan fingerprint density at radius 1 is 1.30 bits per heavy atom. The zero-order chi connectivity index (χ0) is 14.1. The van der Waals surface area contributed by atoms with Crippen molar-refractivity contribution in [2.24, 2.45) is 0 Å². The van der Waals surface area contributed by atoms with Gasteiger partial charge < -0.3 is 11.1 Å². The highest BCUT2D eigenvalue weighted by molar-refractivity contribution is 7.18. The van der Waals surface area contributed by atoms with Gasteiger partial charge in [0.2, 0.25) is 0 Å². The van der Waals surface area contributed by atoms with E-state index in [4.69, 9.17) is 17.3 Å². The Balaban J connectivity index is 1.71. The molecule has 0 saturated carbocycles. The lowest BCUT2D eigenvalue weighted by atomic mass is 10.2. The highest BCUT2D eigenvalue weighted by Crippen LogP contribution is 2.30. The van der Waals surface area contributed by atoms with E-state index in [0.717, 1.165) is 43.9 Å². The minimum atomic E-state index is 0.769. The second kappa shape index (κ2) is 5.60. The monoisotopic (exact) mass is 323 g/mol. The summed E-state index contributed by atoms with van der Waals surface area (Å²) in [6.45, 7) is 2.84. The summed E-state index contributed by atoms with van der Waals surface area (Å²) in [6, 6.07) is 8.00. The second-order valence-corrected chi connectivity index (χ2v) is 7.56. The second-order valence-electron chi connectivity index (χ2n) is 4.52. The van der Waals surface area contributed by atoms with Gasteiger partial charge in [-0.1, -0.05) is 11.6 Å². The normalized spacial score (nSPS) is 11.1. The number of nitrogens with zero attached hydrogens (tertiary/aromatic N) is 1. The van der Waals surface area contributed by atoms with E-state index in [-0.39, 0.29) is 0 Å². The molecule has 0 saturated heterocycles. The third kappa shape index (κ3) is 2.90. The van der Waals surface area contributed by atoms with Crippen LogP contribution in [0.2, 0.25) is 4.34 Å². The molecule has 0 unspecified atom stereocenters. The largest absolute Gasteiger partial charge is 0.397 e. The van der Waals surface area contributed by atoms with Crippen LogP contribution >= 0.6 is 34.3 Å². The van der Waals surface area contributed by atoms with Crippen LogP contribution in [-0.2, 0) is 6.42 Å². The van der Waals surface area contributed by atoms with Crippen molar-refractivity contribution in [3.8, 4) is 0 Å². The van der Waals surface area contributed by atoms with E-state index in [9.17, 15) is 0 Å². The van der Waals surface area contributed by atoms with Gasteiger partial charge in [-0.3, -0.25) is 0 Å². The summed E-state index contributed by atoms with van der Waals surface area (Å²) in [5.74, 6) is 0. The van der Waals surface area contributed by atoms with Crippen molar-refractivity contribution in [2.45, 2.75) is 13.3 Å².